The molecule has 2 rings (SSSR count). The third-order valence-electron chi connectivity index (χ3n) is 3.51. The summed E-state index contributed by atoms with van der Waals surface area (Å²) in [6.07, 6.45) is -6.13. The van der Waals surface area contributed by atoms with Crippen LogP contribution >= 0.6 is 11.6 Å². The summed E-state index contributed by atoms with van der Waals surface area (Å²) in [6, 6.07) is 6.08. The van der Waals surface area contributed by atoms with E-state index >= 15 is 0 Å². The lowest BCUT2D eigenvalue weighted by atomic mass is 9.96. The molecule has 1 amide bonds. The Bertz CT molecular complexity index is 721. The lowest BCUT2D eigenvalue weighted by molar-refractivity contribution is -0.252. The van der Waals surface area contributed by atoms with Gasteiger partial charge in [-0.2, -0.15) is 13.2 Å². The maximum Gasteiger partial charge on any atom is 0.416 e. The number of hydrogen-bond donors (Lipinski definition) is 2. The van der Waals surface area contributed by atoms with E-state index in [1.165, 1.54) is 30.5 Å². The van der Waals surface area contributed by atoms with Gasteiger partial charge < -0.3 is 20.3 Å². The first-order chi connectivity index (χ1) is 11.7. The van der Waals surface area contributed by atoms with E-state index in [1.54, 1.807) is 0 Å². The van der Waals surface area contributed by atoms with Crippen LogP contribution in [0, 0.1) is 0 Å². The fourth-order valence-corrected chi connectivity index (χ4v) is 2.38. The van der Waals surface area contributed by atoms with Crippen molar-refractivity contribution >= 4 is 17.7 Å². The van der Waals surface area contributed by atoms with Gasteiger partial charge in [0.2, 0.25) is 0 Å². The molecule has 25 heavy (non-hydrogen) atoms. The van der Waals surface area contributed by atoms with Crippen molar-refractivity contribution in [2.75, 3.05) is 0 Å². The van der Waals surface area contributed by atoms with Crippen molar-refractivity contribution in [3.8, 4) is 0 Å². The number of hydrogen-bond acceptors (Lipinski definition) is 4. The first kappa shape index (κ1) is 19.0. The molecular formula is C16H13ClF3N2O3-. The Labute approximate surface area is 146 Å². The Morgan fingerprint density at radius 1 is 1.24 bits per heavy atom. The van der Waals surface area contributed by atoms with Crippen LogP contribution in [-0.4, -0.2) is 22.2 Å². The molecule has 2 N–H and O–H groups in total. The van der Waals surface area contributed by atoms with Crippen molar-refractivity contribution in [3.63, 3.8) is 0 Å². The van der Waals surface area contributed by atoms with Crippen LogP contribution in [0.25, 0.3) is 0 Å². The standard InChI is InChI=1S/C16H14ClF3N2O3/c17-13-6-3-10(8-21-13)14(23)12(22-15(24)25)7-9-1-4-11(5-2-9)16(18,19)20/h1-6,8,12,14,22-23H,7H2,(H,24,25)/p-1. The number of amides is 1. The number of carbonyl (C=O) groups excluding carboxylic acids is 1. The summed E-state index contributed by atoms with van der Waals surface area (Å²) in [4.78, 5) is 14.7. The number of benzene rings is 1. The molecule has 1 heterocycles. The number of rotatable bonds is 5. The Balaban J connectivity index is 2.19. The van der Waals surface area contributed by atoms with Crippen molar-refractivity contribution in [1.29, 1.82) is 0 Å². The van der Waals surface area contributed by atoms with Gasteiger partial charge in [-0.05, 0) is 30.2 Å². The van der Waals surface area contributed by atoms with Crippen LogP contribution in [0.3, 0.4) is 0 Å². The van der Waals surface area contributed by atoms with Crippen molar-refractivity contribution in [3.05, 3.63) is 64.4 Å². The number of alkyl halides is 3. The quantitative estimate of drug-likeness (QED) is 0.788. The van der Waals surface area contributed by atoms with Gasteiger partial charge >= 0.3 is 6.18 Å². The molecular weight excluding hydrogens is 361 g/mol. The molecule has 1 aromatic heterocycles. The largest absolute Gasteiger partial charge is 0.530 e. The van der Waals surface area contributed by atoms with Crippen molar-refractivity contribution in [2.24, 2.45) is 0 Å². The Morgan fingerprint density at radius 3 is 2.36 bits per heavy atom. The summed E-state index contributed by atoms with van der Waals surface area (Å²) in [5.41, 5.74) is -0.106. The number of carbonyl (C=O) groups is 1. The molecule has 2 unspecified atom stereocenters. The van der Waals surface area contributed by atoms with Gasteiger partial charge in [-0.3, -0.25) is 0 Å². The number of carboxylic acid groups (broad SMARTS) is 1. The minimum Gasteiger partial charge on any atom is -0.530 e. The summed E-state index contributed by atoms with van der Waals surface area (Å²) in [7, 11) is 0. The molecule has 2 aromatic rings. The number of aromatic nitrogens is 1. The second-order valence-corrected chi connectivity index (χ2v) is 5.68. The molecule has 5 nitrogen and oxygen atoms in total. The average molecular weight is 374 g/mol. The Kier molecular flexibility index (Phi) is 5.86. The SMILES string of the molecule is O=C([O-])NC(Cc1ccc(C(F)(F)F)cc1)C(O)c1ccc(Cl)nc1. The van der Waals surface area contributed by atoms with Crippen LogP contribution in [0.5, 0.6) is 0 Å². The molecule has 0 aliphatic rings. The van der Waals surface area contributed by atoms with Crippen LogP contribution in [0.4, 0.5) is 18.0 Å². The summed E-state index contributed by atoms with van der Waals surface area (Å²) in [6.45, 7) is 0. The zero-order valence-corrected chi connectivity index (χ0v) is 13.4. The van der Waals surface area contributed by atoms with Gasteiger partial charge in [-0.25, -0.2) is 4.98 Å². The Morgan fingerprint density at radius 2 is 1.88 bits per heavy atom. The normalized spacial score (nSPS) is 14.0. The lowest BCUT2D eigenvalue weighted by Crippen LogP contribution is -2.47. The highest BCUT2D eigenvalue weighted by atomic mass is 35.5. The predicted octanol–water partition coefficient (Wildman–Crippen LogP) is 2.33. The van der Waals surface area contributed by atoms with Crippen LogP contribution in [0.15, 0.2) is 42.6 Å². The van der Waals surface area contributed by atoms with E-state index < -0.39 is 30.0 Å². The zero-order chi connectivity index (χ0) is 18.6. The monoisotopic (exact) mass is 373 g/mol. The predicted molar refractivity (Wildman–Crippen MR) is 81.7 cm³/mol. The van der Waals surface area contributed by atoms with Crippen LogP contribution in [-0.2, 0) is 12.6 Å². The van der Waals surface area contributed by atoms with E-state index in [4.69, 9.17) is 11.6 Å². The topological polar surface area (TPSA) is 85.3 Å². The van der Waals surface area contributed by atoms with Gasteiger partial charge in [0.05, 0.1) is 11.6 Å². The smallest absolute Gasteiger partial charge is 0.416 e. The molecule has 0 fully saturated rings. The summed E-state index contributed by atoms with van der Waals surface area (Å²) in [5, 5.41) is 23.5. The first-order valence-corrected chi connectivity index (χ1v) is 7.48. The minimum atomic E-state index is -4.46. The van der Waals surface area contributed by atoms with Gasteiger partial charge in [-0.15, -0.1) is 0 Å². The zero-order valence-electron chi connectivity index (χ0n) is 12.6. The summed E-state index contributed by atoms with van der Waals surface area (Å²) in [5.74, 6) is 0. The molecule has 0 bridgehead atoms. The maximum atomic E-state index is 12.6. The van der Waals surface area contributed by atoms with Crippen LogP contribution in [0.1, 0.15) is 22.8 Å². The summed E-state index contributed by atoms with van der Waals surface area (Å²) >= 11 is 5.66. The van der Waals surface area contributed by atoms with Gasteiger partial charge in [-0.1, -0.05) is 29.8 Å². The molecule has 1 aromatic carbocycles. The molecule has 2 atom stereocenters. The average Bonchev–Trinajstić information content (AvgIpc) is 2.53. The van der Waals surface area contributed by atoms with E-state index in [2.05, 4.69) is 10.3 Å². The van der Waals surface area contributed by atoms with Crippen molar-refractivity contribution < 1.29 is 28.2 Å². The first-order valence-electron chi connectivity index (χ1n) is 7.10. The number of pyridine rings is 1. The van der Waals surface area contributed by atoms with Crippen molar-refractivity contribution in [1.82, 2.24) is 10.3 Å². The number of aliphatic hydroxyl groups is 1. The molecule has 134 valence electrons. The molecule has 0 aliphatic heterocycles. The van der Waals surface area contributed by atoms with E-state index in [1.807, 2.05) is 0 Å². The maximum absolute atomic E-state index is 12.6. The fourth-order valence-electron chi connectivity index (χ4n) is 2.27. The van der Waals surface area contributed by atoms with Crippen LogP contribution in [0.2, 0.25) is 5.15 Å². The minimum absolute atomic E-state index is 0.0457. The number of nitrogens with zero attached hydrogens (tertiary/aromatic N) is 1. The van der Waals surface area contributed by atoms with Gasteiger partial charge in [0.1, 0.15) is 17.4 Å². The third-order valence-corrected chi connectivity index (χ3v) is 3.74. The highest BCUT2D eigenvalue weighted by Gasteiger charge is 2.30. The fraction of sp³-hybridized carbons (Fsp3) is 0.250. The lowest BCUT2D eigenvalue weighted by Gasteiger charge is -2.26. The molecule has 0 spiro atoms. The van der Waals surface area contributed by atoms with Gasteiger partial charge in [0.25, 0.3) is 0 Å². The molecule has 0 saturated carbocycles. The molecule has 0 aliphatic carbocycles. The van der Waals surface area contributed by atoms with Gasteiger partial charge in [0, 0.05) is 11.8 Å². The van der Waals surface area contributed by atoms with E-state index in [0.717, 1.165) is 12.1 Å². The second kappa shape index (κ2) is 7.71. The third kappa shape index (κ3) is 5.33. The van der Waals surface area contributed by atoms with E-state index in [0.29, 0.717) is 11.1 Å². The van der Waals surface area contributed by atoms with E-state index in [9.17, 15) is 28.2 Å². The highest BCUT2D eigenvalue weighted by Crippen LogP contribution is 2.29. The molecule has 0 radical (unpaired) electrons. The second-order valence-electron chi connectivity index (χ2n) is 5.30. The molecule has 0 saturated heterocycles. The number of nitrogens with one attached hydrogen (secondary N) is 1. The van der Waals surface area contributed by atoms with E-state index in [-0.39, 0.29) is 11.6 Å². The highest BCUT2D eigenvalue weighted by molar-refractivity contribution is 6.29. The number of aliphatic hydroxyl groups excluding tert-OH is 1. The summed E-state index contributed by atoms with van der Waals surface area (Å²) < 4.78 is 37.7. The van der Waals surface area contributed by atoms with Crippen molar-refractivity contribution in [2.45, 2.75) is 24.7 Å². The number of halogens is 4. The van der Waals surface area contributed by atoms with Gasteiger partial charge in [0.15, 0.2) is 0 Å². The molecule has 9 heteroatoms. The Hall–Kier alpha value is -2.32. The van der Waals surface area contributed by atoms with Crippen LogP contribution < -0.4 is 10.4 Å².